The second-order valence-corrected chi connectivity index (χ2v) is 6.15. The zero-order chi connectivity index (χ0) is 17.3. The first-order valence-electron chi connectivity index (χ1n) is 9.12. The molecule has 23 heavy (non-hydrogen) atoms. The Bertz CT molecular complexity index is 336. The smallest absolute Gasteiger partial charge is 0.306 e. The van der Waals surface area contributed by atoms with Gasteiger partial charge < -0.3 is 9.84 Å². The number of carboxylic acids is 1. The molecule has 1 atom stereocenters. The van der Waals surface area contributed by atoms with Gasteiger partial charge in [-0.1, -0.05) is 44.8 Å². The Hall–Kier alpha value is -1.32. The van der Waals surface area contributed by atoms with Crippen LogP contribution in [-0.4, -0.2) is 23.1 Å². The molecule has 0 aromatic rings. The number of rotatable bonds is 15. The third kappa shape index (κ3) is 16.9. The molecule has 1 unspecified atom stereocenters. The molecule has 0 aromatic carbocycles. The number of esters is 1. The number of carbonyl (C=O) groups excluding carboxylic acids is 1. The van der Waals surface area contributed by atoms with Gasteiger partial charge in [-0.3, -0.25) is 9.59 Å². The molecule has 1 N–H and O–H groups in total. The molecule has 0 aliphatic heterocycles. The number of carboxylic acid groups (broad SMARTS) is 1. The van der Waals surface area contributed by atoms with Gasteiger partial charge in [0.1, 0.15) is 0 Å². The number of carbonyl (C=O) groups is 2. The summed E-state index contributed by atoms with van der Waals surface area (Å²) in [7, 11) is 0. The zero-order valence-corrected chi connectivity index (χ0v) is 14.9. The first-order valence-corrected chi connectivity index (χ1v) is 9.12. The van der Waals surface area contributed by atoms with Crippen molar-refractivity contribution in [3.8, 4) is 0 Å². The highest BCUT2D eigenvalue weighted by Crippen LogP contribution is 2.10. The molecule has 0 aliphatic rings. The van der Waals surface area contributed by atoms with Gasteiger partial charge in [0.05, 0.1) is 6.10 Å². The Labute approximate surface area is 141 Å². The minimum atomic E-state index is -0.801. The van der Waals surface area contributed by atoms with Crippen LogP contribution in [0.15, 0.2) is 12.2 Å². The van der Waals surface area contributed by atoms with Crippen LogP contribution in [0.25, 0.3) is 0 Å². The van der Waals surface area contributed by atoms with E-state index in [1.54, 1.807) is 0 Å². The lowest BCUT2D eigenvalue weighted by molar-refractivity contribution is -0.148. The molecule has 0 radical (unpaired) electrons. The van der Waals surface area contributed by atoms with E-state index in [9.17, 15) is 9.59 Å². The van der Waals surface area contributed by atoms with E-state index in [0.717, 1.165) is 19.3 Å². The lowest BCUT2D eigenvalue weighted by atomic mass is 10.1. The maximum absolute atomic E-state index is 11.6. The summed E-state index contributed by atoms with van der Waals surface area (Å²) in [5.74, 6) is -0.959. The summed E-state index contributed by atoms with van der Waals surface area (Å²) in [5.41, 5.74) is 0. The first kappa shape index (κ1) is 21.7. The predicted octanol–water partition coefficient (Wildman–Crippen LogP) is 5.26. The van der Waals surface area contributed by atoms with Crippen molar-refractivity contribution in [1.82, 2.24) is 0 Å². The van der Waals surface area contributed by atoms with E-state index >= 15 is 0 Å². The molecule has 134 valence electrons. The summed E-state index contributed by atoms with van der Waals surface area (Å²) < 4.78 is 5.27. The summed E-state index contributed by atoms with van der Waals surface area (Å²) in [5, 5.41) is 8.56. The number of ether oxygens (including phenoxy) is 1. The van der Waals surface area contributed by atoms with Gasteiger partial charge in [-0.25, -0.2) is 0 Å². The van der Waals surface area contributed by atoms with Crippen molar-refractivity contribution >= 4 is 11.9 Å². The van der Waals surface area contributed by atoms with Crippen LogP contribution < -0.4 is 0 Å². The first-order chi connectivity index (χ1) is 11.1. The van der Waals surface area contributed by atoms with Gasteiger partial charge in [-0.15, -0.1) is 0 Å². The number of hydrogen-bond donors (Lipinski definition) is 1. The summed E-state index contributed by atoms with van der Waals surface area (Å²) >= 11 is 0. The predicted molar refractivity (Wildman–Crippen MR) is 93.4 cm³/mol. The van der Waals surface area contributed by atoms with Gasteiger partial charge in [0.15, 0.2) is 0 Å². The summed E-state index contributed by atoms with van der Waals surface area (Å²) in [6, 6.07) is 0. The molecule has 0 saturated heterocycles. The highest BCUT2D eigenvalue weighted by Gasteiger charge is 2.09. The molecule has 0 saturated carbocycles. The van der Waals surface area contributed by atoms with Crippen LogP contribution in [0.3, 0.4) is 0 Å². The van der Waals surface area contributed by atoms with Crippen molar-refractivity contribution in [2.45, 2.75) is 97.0 Å². The fourth-order valence-electron chi connectivity index (χ4n) is 2.35. The van der Waals surface area contributed by atoms with Crippen LogP contribution in [0.5, 0.6) is 0 Å². The van der Waals surface area contributed by atoms with Crippen molar-refractivity contribution in [3.05, 3.63) is 12.2 Å². The Morgan fingerprint density at radius 3 is 2.30 bits per heavy atom. The molecule has 4 nitrogen and oxygen atoms in total. The van der Waals surface area contributed by atoms with Gasteiger partial charge in [-0.05, 0) is 45.4 Å². The summed E-state index contributed by atoms with van der Waals surface area (Å²) in [6.45, 7) is 4.01. The van der Waals surface area contributed by atoms with E-state index in [4.69, 9.17) is 9.84 Å². The molecule has 0 bridgehead atoms. The molecular formula is C19H34O4. The van der Waals surface area contributed by atoms with Crippen LogP contribution in [0.2, 0.25) is 0 Å². The van der Waals surface area contributed by atoms with Gasteiger partial charge in [0.25, 0.3) is 0 Å². The van der Waals surface area contributed by atoms with Crippen LogP contribution in [-0.2, 0) is 14.3 Å². The monoisotopic (exact) mass is 326 g/mol. The van der Waals surface area contributed by atoms with Gasteiger partial charge >= 0.3 is 11.9 Å². The lowest BCUT2D eigenvalue weighted by Gasteiger charge is -2.12. The lowest BCUT2D eigenvalue weighted by Crippen LogP contribution is -2.15. The average molecular weight is 326 g/mol. The molecule has 0 spiro atoms. The maximum atomic E-state index is 11.6. The molecule has 0 heterocycles. The third-order valence-electron chi connectivity index (χ3n) is 3.71. The molecule has 0 amide bonds. The van der Waals surface area contributed by atoms with E-state index in [0.29, 0.717) is 19.3 Å². The Morgan fingerprint density at radius 2 is 1.61 bits per heavy atom. The molecule has 4 heteroatoms. The topological polar surface area (TPSA) is 63.6 Å². The van der Waals surface area contributed by atoms with E-state index in [1.165, 1.54) is 32.1 Å². The second-order valence-electron chi connectivity index (χ2n) is 6.15. The maximum Gasteiger partial charge on any atom is 0.306 e. The fraction of sp³-hybridized carbons (Fsp3) is 0.789. The van der Waals surface area contributed by atoms with Crippen molar-refractivity contribution < 1.29 is 19.4 Å². The molecule has 0 aromatic heterocycles. The normalized spacial score (nSPS) is 12.4. The third-order valence-corrected chi connectivity index (χ3v) is 3.71. The van der Waals surface area contributed by atoms with Crippen LogP contribution in [0.4, 0.5) is 0 Å². The molecule has 0 rings (SSSR count). The summed E-state index contributed by atoms with van der Waals surface area (Å²) in [4.78, 5) is 22.0. The minimum Gasteiger partial charge on any atom is -0.481 e. The van der Waals surface area contributed by atoms with E-state index in [-0.39, 0.29) is 18.5 Å². The number of hydrogen-bond acceptors (Lipinski definition) is 3. The van der Waals surface area contributed by atoms with Gasteiger partial charge in [0, 0.05) is 12.8 Å². The Morgan fingerprint density at radius 1 is 0.957 bits per heavy atom. The van der Waals surface area contributed by atoms with Crippen molar-refractivity contribution in [2.75, 3.05) is 0 Å². The highest BCUT2D eigenvalue weighted by molar-refractivity contribution is 5.69. The number of allylic oxidation sites excluding steroid dienone is 2. The van der Waals surface area contributed by atoms with E-state index < -0.39 is 5.97 Å². The average Bonchev–Trinajstić information content (AvgIpc) is 2.48. The second kappa shape index (κ2) is 15.6. The minimum absolute atomic E-state index is 0.134. The van der Waals surface area contributed by atoms with Gasteiger partial charge in [-0.2, -0.15) is 0 Å². The molecular weight excluding hydrogens is 292 g/mol. The standard InChI is InChI=1S/C19H34O4/c1-3-4-5-6-7-8-9-10-11-12-16-19(22)23-17(2)14-13-15-18(20)21/h5-6,17H,3-4,7-16H2,1-2H3,(H,20,21)/b6-5-. The SMILES string of the molecule is CCC/C=C\CCCCCCCC(=O)OC(C)CCCC(=O)O. The fourth-order valence-corrected chi connectivity index (χ4v) is 2.35. The van der Waals surface area contributed by atoms with E-state index in [2.05, 4.69) is 19.1 Å². The van der Waals surface area contributed by atoms with Crippen molar-refractivity contribution in [1.29, 1.82) is 0 Å². The van der Waals surface area contributed by atoms with Crippen LogP contribution in [0.1, 0.15) is 90.9 Å². The quantitative estimate of drug-likeness (QED) is 0.253. The van der Waals surface area contributed by atoms with Crippen molar-refractivity contribution in [2.24, 2.45) is 0 Å². The number of aliphatic carboxylic acids is 1. The van der Waals surface area contributed by atoms with E-state index in [1.807, 2.05) is 6.92 Å². The van der Waals surface area contributed by atoms with Gasteiger partial charge in [0.2, 0.25) is 0 Å². The Kier molecular flexibility index (Phi) is 14.7. The Balaban J connectivity index is 3.40. The number of unbranched alkanes of at least 4 members (excludes halogenated alkanes) is 6. The zero-order valence-electron chi connectivity index (χ0n) is 14.9. The van der Waals surface area contributed by atoms with Crippen LogP contribution >= 0.6 is 0 Å². The van der Waals surface area contributed by atoms with Crippen molar-refractivity contribution in [3.63, 3.8) is 0 Å². The highest BCUT2D eigenvalue weighted by atomic mass is 16.5. The van der Waals surface area contributed by atoms with Crippen LogP contribution in [0, 0.1) is 0 Å². The molecule has 0 aliphatic carbocycles. The molecule has 0 fully saturated rings. The summed E-state index contributed by atoms with van der Waals surface area (Å²) in [6.07, 6.45) is 15.2. The largest absolute Gasteiger partial charge is 0.481 e.